The molecular weight excluding hydrogens is 433 g/mol. The second-order valence-electron chi connectivity index (χ2n) is 7.57. The van der Waals surface area contributed by atoms with Gasteiger partial charge in [0.15, 0.2) is 17.3 Å². The lowest BCUT2D eigenvalue weighted by Crippen LogP contribution is -2.38. The molecule has 2 aliphatic rings. The number of fused-ring (bicyclic) bond motifs is 4. The third-order valence-electron chi connectivity index (χ3n) is 5.51. The lowest BCUT2D eigenvalue weighted by Gasteiger charge is -2.27. The van der Waals surface area contributed by atoms with Gasteiger partial charge in [0.25, 0.3) is 0 Å². The van der Waals surface area contributed by atoms with Crippen LogP contribution in [0, 0.1) is 5.82 Å². The van der Waals surface area contributed by atoms with Crippen molar-refractivity contribution in [2.45, 2.75) is 13.0 Å². The van der Waals surface area contributed by atoms with Gasteiger partial charge in [-0.2, -0.15) is 4.98 Å². The number of hydrogen-bond donors (Lipinski definition) is 1. The predicted octanol–water partition coefficient (Wildman–Crippen LogP) is 3.96. The molecule has 2 aromatic carbocycles. The van der Waals surface area contributed by atoms with Crippen LogP contribution in [-0.2, 0) is 13.0 Å². The van der Waals surface area contributed by atoms with Crippen molar-refractivity contribution in [3.8, 4) is 22.9 Å². The molecule has 0 unspecified atom stereocenters. The molecule has 0 fully saturated rings. The molecule has 0 bridgehead atoms. The van der Waals surface area contributed by atoms with Gasteiger partial charge in [0, 0.05) is 35.2 Å². The molecule has 32 heavy (non-hydrogen) atoms. The summed E-state index contributed by atoms with van der Waals surface area (Å²) in [5.74, 6) is 1.60. The zero-order chi connectivity index (χ0) is 21.7. The molecule has 10 heteroatoms. The van der Waals surface area contributed by atoms with E-state index in [9.17, 15) is 9.18 Å². The van der Waals surface area contributed by atoms with E-state index in [2.05, 4.69) is 15.4 Å². The van der Waals surface area contributed by atoms with Crippen LogP contribution in [0.3, 0.4) is 0 Å². The average Bonchev–Trinajstić information content (AvgIpc) is 3.37. The maximum absolute atomic E-state index is 13.2. The van der Waals surface area contributed by atoms with Crippen LogP contribution < -0.4 is 14.8 Å². The molecule has 6 rings (SSSR count). The molecule has 0 saturated carbocycles. The highest BCUT2D eigenvalue weighted by atomic mass is 32.1. The van der Waals surface area contributed by atoms with Crippen molar-refractivity contribution in [1.82, 2.24) is 19.5 Å². The Balaban J connectivity index is 1.19. The van der Waals surface area contributed by atoms with Gasteiger partial charge in [-0.25, -0.2) is 13.7 Å². The number of nitrogens with one attached hydrogen (secondary N) is 1. The van der Waals surface area contributed by atoms with Gasteiger partial charge in [0.1, 0.15) is 19.0 Å². The van der Waals surface area contributed by atoms with Crippen LogP contribution in [0.15, 0.2) is 42.5 Å². The van der Waals surface area contributed by atoms with Crippen molar-refractivity contribution >= 4 is 28.0 Å². The van der Waals surface area contributed by atoms with Crippen molar-refractivity contribution in [1.29, 1.82) is 0 Å². The first-order valence-corrected chi connectivity index (χ1v) is 11.0. The summed E-state index contributed by atoms with van der Waals surface area (Å²) in [7, 11) is 0. The standard InChI is InChI=1S/C22H18FN5O3S/c23-14-3-1-13(2-4-14)20-25-22-28(26-20)16-7-8-27(12-19(16)32-22)21(29)24-15-5-6-17-18(11-15)31-10-9-30-17/h1-6,11H,7-10,12H2,(H,24,29). The minimum absolute atomic E-state index is 0.168. The van der Waals surface area contributed by atoms with Crippen molar-refractivity contribution in [3.05, 3.63) is 58.9 Å². The van der Waals surface area contributed by atoms with E-state index >= 15 is 0 Å². The van der Waals surface area contributed by atoms with E-state index in [0.29, 0.717) is 55.7 Å². The Morgan fingerprint density at radius 1 is 1.09 bits per heavy atom. The van der Waals surface area contributed by atoms with Crippen LogP contribution in [0.25, 0.3) is 16.3 Å². The first-order valence-electron chi connectivity index (χ1n) is 10.2. The quantitative estimate of drug-likeness (QED) is 0.499. The first kappa shape index (κ1) is 19.1. The number of halogens is 1. The Labute approximate surface area is 186 Å². The number of amides is 2. The number of thiazole rings is 1. The lowest BCUT2D eigenvalue weighted by molar-refractivity contribution is 0.171. The van der Waals surface area contributed by atoms with E-state index in [4.69, 9.17) is 9.47 Å². The van der Waals surface area contributed by atoms with Crippen LogP contribution in [-0.4, -0.2) is 45.3 Å². The maximum Gasteiger partial charge on any atom is 0.322 e. The minimum Gasteiger partial charge on any atom is -0.486 e. The fourth-order valence-corrected chi connectivity index (χ4v) is 5.02. The molecule has 162 valence electrons. The molecule has 0 radical (unpaired) electrons. The number of carbonyl (C=O) groups excluding carboxylic acids is 1. The molecule has 4 heterocycles. The number of urea groups is 1. The number of ether oxygens (including phenoxy) is 2. The zero-order valence-corrected chi connectivity index (χ0v) is 17.7. The number of aromatic nitrogens is 3. The molecule has 0 aliphatic carbocycles. The fraction of sp³-hybridized carbons (Fsp3) is 0.227. The van der Waals surface area contributed by atoms with Crippen molar-refractivity contribution in [2.75, 3.05) is 25.1 Å². The molecule has 1 N–H and O–H groups in total. The van der Waals surface area contributed by atoms with E-state index < -0.39 is 0 Å². The van der Waals surface area contributed by atoms with E-state index in [1.54, 1.807) is 35.2 Å². The van der Waals surface area contributed by atoms with Gasteiger partial charge in [-0.15, -0.1) is 5.10 Å². The number of anilines is 1. The largest absolute Gasteiger partial charge is 0.486 e. The third kappa shape index (κ3) is 3.32. The molecule has 2 aliphatic heterocycles. The second-order valence-corrected chi connectivity index (χ2v) is 8.63. The Morgan fingerprint density at radius 2 is 1.91 bits per heavy atom. The Hall–Kier alpha value is -3.66. The van der Waals surface area contributed by atoms with Gasteiger partial charge in [-0.3, -0.25) is 0 Å². The normalized spacial score (nSPS) is 15.0. The number of carbonyl (C=O) groups is 1. The summed E-state index contributed by atoms with van der Waals surface area (Å²) in [5.41, 5.74) is 2.50. The van der Waals surface area contributed by atoms with Crippen LogP contribution >= 0.6 is 11.3 Å². The first-order chi connectivity index (χ1) is 15.6. The monoisotopic (exact) mass is 451 g/mol. The predicted molar refractivity (Wildman–Crippen MR) is 117 cm³/mol. The Bertz CT molecular complexity index is 1330. The molecule has 2 amide bonds. The Morgan fingerprint density at radius 3 is 2.75 bits per heavy atom. The van der Waals surface area contributed by atoms with E-state index in [1.165, 1.54) is 23.5 Å². The number of hydrogen-bond acceptors (Lipinski definition) is 6. The van der Waals surface area contributed by atoms with Gasteiger partial charge in [0.2, 0.25) is 4.96 Å². The summed E-state index contributed by atoms with van der Waals surface area (Å²) >= 11 is 1.52. The smallest absolute Gasteiger partial charge is 0.322 e. The maximum atomic E-state index is 13.2. The minimum atomic E-state index is -0.290. The topological polar surface area (TPSA) is 81.0 Å². The van der Waals surface area contributed by atoms with E-state index in [1.807, 2.05) is 4.52 Å². The molecule has 0 spiro atoms. The van der Waals surface area contributed by atoms with Crippen LogP contribution in [0.4, 0.5) is 14.9 Å². The van der Waals surface area contributed by atoms with Crippen molar-refractivity contribution in [2.24, 2.45) is 0 Å². The highest BCUT2D eigenvalue weighted by Crippen LogP contribution is 2.33. The van der Waals surface area contributed by atoms with Crippen LogP contribution in [0.5, 0.6) is 11.5 Å². The summed E-state index contributed by atoms with van der Waals surface area (Å²) in [6, 6.07) is 11.4. The number of benzene rings is 2. The second kappa shape index (κ2) is 7.49. The fourth-order valence-electron chi connectivity index (χ4n) is 3.91. The molecule has 2 aromatic heterocycles. The lowest BCUT2D eigenvalue weighted by atomic mass is 10.2. The Kier molecular flexibility index (Phi) is 4.46. The zero-order valence-electron chi connectivity index (χ0n) is 16.9. The summed E-state index contributed by atoms with van der Waals surface area (Å²) in [5, 5.41) is 7.56. The average molecular weight is 451 g/mol. The van der Waals surface area contributed by atoms with Crippen molar-refractivity contribution in [3.63, 3.8) is 0 Å². The summed E-state index contributed by atoms with van der Waals surface area (Å²) in [6.07, 6.45) is 0.677. The molecule has 0 atom stereocenters. The van der Waals surface area contributed by atoms with Gasteiger partial charge >= 0.3 is 6.03 Å². The molecule has 4 aromatic rings. The number of nitrogens with zero attached hydrogens (tertiary/aromatic N) is 4. The summed E-state index contributed by atoms with van der Waals surface area (Å²) in [4.78, 5) is 21.0. The van der Waals surface area contributed by atoms with Crippen LogP contribution in [0.1, 0.15) is 10.6 Å². The van der Waals surface area contributed by atoms with Gasteiger partial charge in [-0.1, -0.05) is 11.3 Å². The van der Waals surface area contributed by atoms with E-state index in [-0.39, 0.29) is 11.8 Å². The highest BCUT2D eigenvalue weighted by Gasteiger charge is 2.26. The van der Waals surface area contributed by atoms with Gasteiger partial charge in [0.05, 0.1) is 12.2 Å². The van der Waals surface area contributed by atoms with Crippen LogP contribution in [0.2, 0.25) is 0 Å². The van der Waals surface area contributed by atoms with Gasteiger partial charge in [-0.05, 0) is 36.4 Å². The number of rotatable bonds is 2. The molecule has 8 nitrogen and oxygen atoms in total. The van der Waals surface area contributed by atoms with E-state index in [0.717, 1.165) is 21.1 Å². The van der Waals surface area contributed by atoms with Gasteiger partial charge < -0.3 is 19.7 Å². The van der Waals surface area contributed by atoms with Crippen molar-refractivity contribution < 1.29 is 18.7 Å². The molecular formula is C22H18FN5O3S. The summed E-state index contributed by atoms with van der Waals surface area (Å²) < 4.78 is 26.1. The SMILES string of the molecule is O=C(Nc1ccc2c(c1)OCCO2)N1CCc2c(sc3nc(-c4ccc(F)cc4)nn23)C1. The third-order valence-corrected chi connectivity index (χ3v) is 6.56. The molecule has 0 saturated heterocycles. The summed E-state index contributed by atoms with van der Waals surface area (Å²) in [6.45, 7) is 2.09. The highest BCUT2D eigenvalue weighted by molar-refractivity contribution is 7.17.